The Labute approximate surface area is 153 Å². The van der Waals surface area contributed by atoms with Crippen LogP contribution in [-0.4, -0.2) is 0 Å². The first-order valence-corrected chi connectivity index (χ1v) is 6.52. The molecule has 0 saturated heterocycles. The van der Waals surface area contributed by atoms with E-state index in [4.69, 9.17) is 36.3 Å². The second-order valence-electron chi connectivity index (χ2n) is 4.03. The van der Waals surface area contributed by atoms with Gasteiger partial charge in [0.1, 0.15) is 0 Å². The zero-order valence-corrected chi connectivity index (χ0v) is 15.1. The van der Waals surface area contributed by atoms with Crippen LogP contribution in [0, 0.1) is 27.0 Å². The molecule has 0 atom stereocenters. The summed E-state index contributed by atoms with van der Waals surface area (Å²) >= 11 is 11.4. The molecule has 0 heterocycles. The van der Waals surface area contributed by atoms with Crippen molar-refractivity contribution in [2.24, 2.45) is 0 Å². The van der Waals surface area contributed by atoms with E-state index in [-0.39, 0.29) is 24.8 Å². The minimum atomic E-state index is 0. The Morgan fingerprint density at radius 2 is 1.05 bits per heavy atom. The average Bonchev–Trinajstić information content (AvgIpc) is 2.40. The van der Waals surface area contributed by atoms with Crippen LogP contribution in [0.15, 0.2) is 36.4 Å². The standard InChI is InChI=1S/2C8H6ClN.2ClH/c2*1-6-4-3-5-7(9)8(6)10-2;;/h2*3-5H,1H3;2*1H. The van der Waals surface area contributed by atoms with E-state index in [2.05, 4.69) is 9.69 Å². The highest BCUT2D eigenvalue weighted by Gasteiger charge is 2.00. The van der Waals surface area contributed by atoms with Crippen LogP contribution in [0.4, 0.5) is 11.4 Å². The Morgan fingerprint density at radius 3 is 1.23 bits per heavy atom. The Kier molecular flexibility index (Phi) is 11.6. The van der Waals surface area contributed by atoms with Gasteiger partial charge in [0.25, 0.3) is 0 Å². The Hall–Kier alpha value is -1.42. The third kappa shape index (κ3) is 6.14. The molecule has 0 N–H and O–H groups in total. The van der Waals surface area contributed by atoms with E-state index in [0.717, 1.165) is 11.1 Å². The monoisotopic (exact) mass is 374 g/mol. The van der Waals surface area contributed by atoms with Crippen LogP contribution in [0.2, 0.25) is 10.0 Å². The van der Waals surface area contributed by atoms with Gasteiger partial charge in [-0.05, 0) is 25.0 Å². The number of hydrogen-bond acceptors (Lipinski definition) is 0. The van der Waals surface area contributed by atoms with Crippen LogP contribution in [0.25, 0.3) is 9.69 Å². The lowest BCUT2D eigenvalue weighted by molar-refractivity contribution is 1.49. The van der Waals surface area contributed by atoms with Crippen molar-refractivity contribution in [1.29, 1.82) is 0 Å². The van der Waals surface area contributed by atoms with Gasteiger partial charge in [-0.3, -0.25) is 0 Å². The summed E-state index contributed by atoms with van der Waals surface area (Å²) in [5.41, 5.74) is 2.98. The fraction of sp³-hybridized carbons (Fsp3) is 0.125. The molecule has 116 valence electrons. The number of halogens is 4. The second kappa shape index (κ2) is 11.2. The number of para-hydroxylation sites is 2. The second-order valence-corrected chi connectivity index (χ2v) is 4.85. The third-order valence-corrected chi connectivity index (χ3v) is 3.21. The van der Waals surface area contributed by atoms with E-state index in [1.807, 2.05) is 38.1 Å². The Balaban J connectivity index is 0. The molecule has 0 amide bonds. The molecule has 0 saturated carbocycles. The summed E-state index contributed by atoms with van der Waals surface area (Å²) in [6.07, 6.45) is 0. The van der Waals surface area contributed by atoms with E-state index >= 15 is 0 Å². The molecule has 0 aliphatic heterocycles. The summed E-state index contributed by atoms with van der Waals surface area (Å²) in [6.45, 7) is 17.3. The fourth-order valence-electron chi connectivity index (χ4n) is 1.53. The molecule has 0 aromatic heterocycles. The van der Waals surface area contributed by atoms with Gasteiger partial charge in [-0.1, -0.05) is 59.6 Å². The van der Waals surface area contributed by atoms with Crippen molar-refractivity contribution in [3.8, 4) is 0 Å². The Morgan fingerprint density at radius 1 is 0.727 bits per heavy atom. The first kappa shape index (κ1) is 22.9. The molecule has 0 spiro atoms. The van der Waals surface area contributed by atoms with Crippen molar-refractivity contribution in [2.75, 3.05) is 0 Å². The normalized spacial score (nSPS) is 8.09. The predicted molar refractivity (Wildman–Crippen MR) is 99.4 cm³/mol. The first-order valence-electron chi connectivity index (χ1n) is 5.76. The Bertz CT molecular complexity index is 598. The van der Waals surface area contributed by atoms with Crippen LogP contribution < -0.4 is 0 Å². The molecule has 22 heavy (non-hydrogen) atoms. The summed E-state index contributed by atoms with van der Waals surface area (Å²) < 4.78 is 0. The highest BCUT2D eigenvalue weighted by molar-refractivity contribution is 6.33. The molecule has 0 fully saturated rings. The molecular formula is C16H14Cl4N2. The van der Waals surface area contributed by atoms with Crippen LogP contribution in [0.3, 0.4) is 0 Å². The van der Waals surface area contributed by atoms with Gasteiger partial charge in [-0.15, -0.1) is 24.8 Å². The maximum atomic E-state index is 6.77. The van der Waals surface area contributed by atoms with Gasteiger partial charge in [0.05, 0.1) is 13.1 Å². The van der Waals surface area contributed by atoms with Crippen molar-refractivity contribution >= 4 is 59.4 Å². The molecule has 0 radical (unpaired) electrons. The number of benzene rings is 2. The average molecular weight is 376 g/mol. The SMILES string of the molecule is Cl.Cl.[C-]#[N+]c1c(C)cccc1Cl.[C-]#[N+]c1c(C)cccc1Cl. The van der Waals surface area contributed by atoms with Gasteiger partial charge in [0.2, 0.25) is 11.4 Å². The highest BCUT2D eigenvalue weighted by atomic mass is 35.5. The van der Waals surface area contributed by atoms with Crippen molar-refractivity contribution in [2.45, 2.75) is 13.8 Å². The first-order chi connectivity index (χ1) is 9.51. The van der Waals surface area contributed by atoms with E-state index in [9.17, 15) is 0 Å². The highest BCUT2D eigenvalue weighted by Crippen LogP contribution is 2.28. The van der Waals surface area contributed by atoms with Crippen molar-refractivity contribution in [3.05, 3.63) is 80.4 Å². The molecular weight excluding hydrogens is 362 g/mol. The van der Waals surface area contributed by atoms with E-state index in [0.29, 0.717) is 21.4 Å². The van der Waals surface area contributed by atoms with E-state index in [1.165, 1.54) is 0 Å². The predicted octanol–water partition coefficient (Wildman–Crippen LogP) is 7.24. The molecule has 0 unspecified atom stereocenters. The molecule has 0 aliphatic rings. The summed E-state index contributed by atoms with van der Waals surface area (Å²) in [6, 6.07) is 10.9. The topological polar surface area (TPSA) is 8.72 Å². The zero-order valence-electron chi connectivity index (χ0n) is 11.9. The summed E-state index contributed by atoms with van der Waals surface area (Å²) in [5, 5.41) is 1.07. The quantitative estimate of drug-likeness (QED) is 0.429. The minimum absolute atomic E-state index is 0. The number of aryl methyl sites for hydroxylation is 2. The third-order valence-electron chi connectivity index (χ3n) is 2.60. The number of rotatable bonds is 0. The van der Waals surface area contributed by atoms with Crippen molar-refractivity contribution < 1.29 is 0 Å². The minimum Gasteiger partial charge on any atom is -0.236 e. The summed E-state index contributed by atoms with van der Waals surface area (Å²) in [4.78, 5) is 6.58. The maximum absolute atomic E-state index is 6.77. The van der Waals surface area contributed by atoms with E-state index in [1.54, 1.807) is 12.1 Å². The van der Waals surface area contributed by atoms with Crippen LogP contribution in [0.1, 0.15) is 11.1 Å². The molecule has 6 heteroatoms. The van der Waals surface area contributed by atoms with Crippen LogP contribution >= 0.6 is 48.0 Å². The van der Waals surface area contributed by atoms with Gasteiger partial charge < -0.3 is 0 Å². The zero-order chi connectivity index (χ0) is 15.1. The number of hydrogen-bond donors (Lipinski definition) is 0. The number of nitrogens with zero attached hydrogens (tertiary/aromatic N) is 2. The van der Waals surface area contributed by atoms with E-state index < -0.39 is 0 Å². The largest absolute Gasteiger partial charge is 0.236 e. The summed E-state index contributed by atoms with van der Waals surface area (Å²) in [5.74, 6) is 0. The van der Waals surface area contributed by atoms with Gasteiger partial charge in [-0.25, -0.2) is 9.69 Å². The van der Waals surface area contributed by atoms with Crippen LogP contribution in [0.5, 0.6) is 0 Å². The fourth-order valence-corrected chi connectivity index (χ4v) is 2.06. The van der Waals surface area contributed by atoms with Gasteiger partial charge in [0, 0.05) is 10.0 Å². The smallest absolute Gasteiger partial charge is 0.208 e. The molecule has 0 bridgehead atoms. The maximum Gasteiger partial charge on any atom is 0.208 e. The molecule has 0 aliphatic carbocycles. The lowest BCUT2D eigenvalue weighted by Gasteiger charge is -1.96. The lowest BCUT2D eigenvalue weighted by atomic mass is 10.2. The molecule has 2 aromatic carbocycles. The van der Waals surface area contributed by atoms with Gasteiger partial charge in [0.15, 0.2) is 0 Å². The molecule has 2 nitrogen and oxygen atoms in total. The van der Waals surface area contributed by atoms with Crippen LogP contribution in [-0.2, 0) is 0 Å². The van der Waals surface area contributed by atoms with Gasteiger partial charge >= 0.3 is 0 Å². The van der Waals surface area contributed by atoms with Crippen molar-refractivity contribution in [1.82, 2.24) is 0 Å². The van der Waals surface area contributed by atoms with Gasteiger partial charge in [-0.2, -0.15) is 0 Å². The van der Waals surface area contributed by atoms with Crippen molar-refractivity contribution in [3.63, 3.8) is 0 Å². The summed E-state index contributed by atoms with van der Waals surface area (Å²) in [7, 11) is 0. The molecule has 2 rings (SSSR count). The molecule has 2 aromatic rings. The lowest BCUT2D eigenvalue weighted by Crippen LogP contribution is -1.71.